The van der Waals surface area contributed by atoms with Gasteiger partial charge in [0.2, 0.25) is 5.16 Å². The Kier molecular flexibility index (Phi) is 3.00. The monoisotopic (exact) mass is 262 g/mol. The van der Waals surface area contributed by atoms with Crippen LogP contribution in [0, 0.1) is 0 Å². The van der Waals surface area contributed by atoms with E-state index < -0.39 is 0 Å². The zero-order valence-electron chi connectivity index (χ0n) is 10.0. The Hall–Kier alpha value is -1.47. The van der Waals surface area contributed by atoms with Gasteiger partial charge < -0.3 is 5.73 Å². The predicted octanol–water partition coefficient (Wildman–Crippen LogP) is 1.57. The van der Waals surface area contributed by atoms with Crippen LogP contribution in [-0.4, -0.2) is 25.2 Å². The van der Waals surface area contributed by atoms with Crippen LogP contribution in [-0.2, 0) is 0 Å². The van der Waals surface area contributed by atoms with Crippen molar-refractivity contribution < 1.29 is 0 Å². The van der Waals surface area contributed by atoms with Crippen molar-refractivity contribution in [2.75, 3.05) is 0 Å². The minimum absolute atomic E-state index is 0.00627. The Bertz CT molecular complexity index is 548. The van der Waals surface area contributed by atoms with Crippen LogP contribution in [0.3, 0.4) is 0 Å². The topological polar surface area (TPSA) is 82.5 Å². The van der Waals surface area contributed by atoms with Crippen LogP contribution < -0.4 is 5.73 Å². The number of pyridine rings is 1. The molecule has 1 saturated carbocycles. The summed E-state index contributed by atoms with van der Waals surface area (Å²) in [6.07, 6.45) is 4.09. The second kappa shape index (κ2) is 4.66. The highest BCUT2D eigenvalue weighted by molar-refractivity contribution is 7.99. The zero-order chi connectivity index (χ0) is 12.5. The van der Waals surface area contributed by atoms with Crippen LogP contribution in [0.4, 0.5) is 0 Å². The highest BCUT2D eigenvalue weighted by Crippen LogP contribution is 2.37. The summed E-state index contributed by atoms with van der Waals surface area (Å²) in [5, 5.41) is 13.5. The van der Waals surface area contributed by atoms with Crippen LogP contribution in [0.1, 0.15) is 37.4 Å². The van der Waals surface area contributed by atoms with E-state index in [1.54, 1.807) is 6.20 Å². The summed E-state index contributed by atoms with van der Waals surface area (Å²) in [6, 6.07) is 4.39. The molecule has 18 heavy (non-hydrogen) atoms. The first-order valence-corrected chi connectivity index (χ1v) is 6.73. The maximum absolute atomic E-state index is 5.86. The van der Waals surface area contributed by atoms with Crippen molar-refractivity contribution in [3.63, 3.8) is 0 Å². The van der Waals surface area contributed by atoms with E-state index >= 15 is 0 Å². The quantitative estimate of drug-likeness (QED) is 0.900. The summed E-state index contributed by atoms with van der Waals surface area (Å²) in [5.74, 6) is 0. The summed E-state index contributed by atoms with van der Waals surface area (Å²) >= 11 is 1.48. The van der Waals surface area contributed by atoms with Gasteiger partial charge in [0.1, 0.15) is 5.03 Å². The third-order valence-corrected chi connectivity index (χ3v) is 3.72. The van der Waals surface area contributed by atoms with E-state index in [9.17, 15) is 0 Å². The van der Waals surface area contributed by atoms with Crippen molar-refractivity contribution in [2.45, 2.75) is 42.0 Å². The fourth-order valence-electron chi connectivity index (χ4n) is 1.66. The standard InChI is InChI=1S/C11H14N6S/c1-7(12)8-4-5-13-10(6-8)18-11-14-15-16-17(11)9-2-3-9/h4-7,9H,2-3,12H2,1H3. The Morgan fingerprint density at radius 3 is 3.06 bits per heavy atom. The molecule has 1 aliphatic rings. The summed E-state index contributed by atoms with van der Waals surface area (Å²) in [4.78, 5) is 4.32. The van der Waals surface area contributed by atoms with E-state index in [1.165, 1.54) is 11.8 Å². The van der Waals surface area contributed by atoms with Crippen LogP contribution in [0.2, 0.25) is 0 Å². The SMILES string of the molecule is CC(N)c1ccnc(Sc2nnnn2C2CC2)c1. The molecule has 1 unspecified atom stereocenters. The van der Waals surface area contributed by atoms with Gasteiger partial charge in [-0.05, 0) is 59.7 Å². The maximum atomic E-state index is 5.86. The molecule has 0 bridgehead atoms. The molecule has 0 radical (unpaired) electrons. The third-order valence-electron chi connectivity index (χ3n) is 2.84. The van der Waals surface area contributed by atoms with Gasteiger partial charge in [0.05, 0.1) is 6.04 Å². The number of nitrogens with two attached hydrogens (primary N) is 1. The lowest BCUT2D eigenvalue weighted by atomic mass is 10.1. The molecule has 7 heteroatoms. The van der Waals surface area contributed by atoms with Gasteiger partial charge in [-0.25, -0.2) is 9.67 Å². The lowest BCUT2D eigenvalue weighted by molar-refractivity contribution is 0.565. The number of aromatic nitrogens is 5. The molecular weight excluding hydrogens is 248 g/mol. The van der Waals surface area contributed by atoms with E-state index in [0.717, 1.165) is 28.6 Å². The van der Waals surface area contributed by atoms with Gasteiger partial charge in [-0.15, -0.1) is 5.10 Å². The molecule has 1 fully saturated rings. The van der Waals surface area contributed by atoms with Gasteiger partial charge in [-0.1, -0.05) is 0 Å². The van der Waals surface area contributed by atoms with Gasteiger partial charge in [-0.2, -0.15) is 0 Å². The molecule has 0 saturated heterocycles. The molecule has 0 aliphatic heterocycles. The molecular formula is C11H14N6S. The molecule has 2 aromatic rings. The van der Waals surface area contributed by atoms with Crippen molar-refractivity contribution in [2.24, 2.45) is 5.73 Å². The second-order valence-electron chi connectivity index (χ2n) is 4.46. The highest BCUT2D eigenvalue weighted by atomic mass is 32.2. The number of rotatable bonds is 4. The molecule has 0 amide bonds. The fourth-order valence-corrected chi connectivity index (χ4v) is 2.51. The molecule has 6 nitrogen and oxygen atoms in total. The first-order chi connectivity index (χ1) is 8.74. The van der Waals surface area contributed by atoms with Crippen molar-refractivity contribution in [1.29, 1.82) is 0 Å². The number of nitrogens with zero attached hydrogens (tertiary/aromatic N) is 5. The number of hydrogen-bond donors (Lipinski definition) is 1. The zero-order valence-corrected chi connectivity index (χ0v) is 10.8. The highest BCUT2D eigenvalue weighted by Gasteiger charge is 2.28. The summed E-state index contributed by atoms with van der Waals surface area (Å²) in [6.45, 7) is 1.96. The van der Waals surface area contributed by atoms with Crippen molar-refractivity contribution in [1.82, 2.24) is 25.2 Å². The number of tetrazole rings is 1. The molecule has 0 aromatic carbocycles. The van der Waals surface area contributed by atoms with Gasteiger partial charge in [0.15, 0.2) is 0 Å². The minimum Gasteiger partial charge on any atom is -0.324 e. The Labute approximate surface area is 109 Å². The second-order valence-corrected chi connectivity index (χ2v) is 5.44. The first-order valence-electron chi connectivity index (χ1n) is 5.91. The molecule has 2 aromatic heterocycles. The molecule has 1 aliphatic carbocycles. The van der Waals surface area contributed by atoms with Gasteiger partial charge in [0, 0.05) is 12.2 Å². The van der Waals surface area contributed by atoms with E-state index in [-0.39, 0.29) is 6.04 Å². The van der Waals surface area contributed by atoms with Gasteiger partial charge in [-0.3, -0.25) is 0 Å². The third kappa shape index (κ3) is 2.37. The molecule has 2 N–H and O–H groups in total. The van der Waals surface area contributed by atoms with Crippen LogP contribution in [0.25, 0.3) is 0 Å². The van der Waals surface area contributed by atoms with Crippen LogP contribution in [0.5, 0.6) is 0 Å². The van der Waals surface area contributed by atoms with Crippen molar-refractivity contribution in [3.8, 4) is 0 Å². The van der Waals surface area contributed by atoms with Crippen LogP contribution >= 0.6 is 11.8 Å². The molecule has 3 rings (SSSR count). The summed E-state index contributed by atoms with van der Waals surface area (Å²) in [5.41, 5.74) is 6.93. The van der Waals surface area contributed by atoms with E-state index in [4.69, 9.17) is 5.73 Å². The summed E-state index contributed by atoms with van der Waals surface area (Å²) in [7, 11) is 0. The Balaban J connectivity index is 1.83. The largest absolute Gasteiger partial charge is 0.324 e. The lowest BCUT2D eigenvalue weighted by Gasteiger charge is -2.06. The Morgan fingerprint density at radius 1 is 1.50 bits per heavy atom. The minimum atomic E-state index is 0.00627. The van der Waals surface area contributed by atoms with Gasteiger partial charge >= 0.3 is 0 Å². The average molecular weight is 262 g/mol. The molecule has 94 valence electrons. The first kappa shape index (κ1) is 11.6. The van der Waals surface area contributed by atoms with E-state index in [1.807, 2.05) is 23.7 Å². The predicted molar refractivity (Wildman–Crippen MR) is 67.1 cm³/mol. The average Bonchev–Trinajstić information content (AvgIpc) is 3.11. The lowest BCUT2D eigenvalue weighted by Crippen LogP contribution is -2.05. The molecule has 0 spiro atoms. The number of hydrogen-bond acceptors (Lipinski definition) is 6. The fraction of sp³-hybridized carbons (Fsp3) is 0.455. The molecule has 1 atom stereocenters. The van der Waals surface area contributed by atoms with E-state index in [2.05, 4.69) is 20.5 Å². The normalized spacial score (nSPS) is 16.8. The van der Waals surface area contributed by atoms with Crippen molar-refractivity contribution in [3.05, 3.63) is 23.9 Å². The smallest absolute Gasteiger partial charge is 0.215 e. The summed E-state index contributed by atoms with van der Waals surface area (Å²) < 4.78 is 1.88. The van der Waals surface area contributed by atoms with E-state index in [0.29, 0.717) is 6.04 Å². The Morgan fingerprint density at radius 2 is 2.33 bits per heavy atom. The molecule has 2 heterocycles. The van der Waals surface area contributed by atoms with Gasteiger partial charge in [0.25, 0.3) is 0 Å². The van der Waals surface area contributed by atoms with Crippen molar-refractivity contribution >= 4 is 11.8 Å². The van der Waals surface area contributed by atoms with Crippen LogP contribution in [0.15, 0.2) is 28.5 Å². The maximum Gasteiger partial charge on any atom is 0.215 e.